The third kappa shape index (κ3) is 8.20. The lowest BCUT2D eigenvalue weighted by atomic mass is 10.1. The Labute approximate surface area is 242 Å². The second kappa shape index (κ2) is 15.0. The van der Waals surface area contributed by atoms with Crippen molar-refractivity contribution in [3.05, 3.63) is 53.1 Å². The summed E-state index contributed by atoms with van der Waals surface area (Å²) in [5, 5.41) is 0.638. The summed E-state index contributed by atoms with van der Waals surface area (Å²) in [6.45, 7) is 6.36. The number of benzene rings is 2. The fourth-order valence-corrected chi connectivity index (χ4v) is 6.43. The number of hydrogen-bond donors (Lipinski definition) is 0. The van der Waals surface area contributed by atoms with E-state index in [9.17, 15) is 13.2 Å². The van der Waals surface area contributed by atoms with Crippen LogP contribution in [0.2, 0.25) is 0 Å². The maximum Gasteiger partial charge on any atom is 0.260 e. The van der Waals surface area contributed by atoms with Crippen molar-refractivity contribution in [2.45, 2.75) is 25.2 Å². The minimum atomic E-state index is -3.78. The number of methoxy groups -OCH3 is 2. The summed E-state index contributed by atoms with van der Waals surface area (Å²) in [4.78, 5) is 22.4. The van der Waals surface area contributed by atoms with Gasteiger partial charge in [0.25, 0.3) is 5.91 Å². The number of carbonyl (C=O) groups is 1. The number of aryl methyl sites for hydroxylation is 2. The van der Waals surface area contributed by atoms with Crippen molar-refractivity contribution in [1.82, 2.24) is 14.2 Å². The second-order valence-corrected chi connectivity index (χ2v) is 12.3. The highest BCUT2D eigenvalue weighted by atomic mass is 35.5. The third-order valence-corrected chi connectivity index (χ3v) is 9.32. The average molecular weight is 599 g/mol. The lowest BCUT2D eigenvalue weighted by Crippen LogP contribution is -2.36. The van der Waals surface area contributed by atoms with Crippen LogP contribution in [-0.2, 0) is 19.5 Å². The van der Waals surface area contributed by atoms with E-state index in [1.807, 2.05) is 27.1 Å². The number of rotatable bonds is 14. The molecule has 216 valence electrons. The fraction of sp³-hybridized carbons (Fsp3) is 0.481. The lowest BCUT2D eigenvalue weighted by molar-refractivity contribution is 0.0986. The molecule has 3 rings (SSSR count). The molecule has 0 bridgehead atoms. The molecule has 1 aromatic heterocycles. The maximum atomic E-state index is 13.7. The minimum Gasteiger partial charge on any atom is -0.383 e. The largest absolute Gasteiger partial charge is 0.383 e. The Morgan fingerprint density at radius 2 is 1.54 bits per heavy atom. The number of halogens is 1. The molecule has 2 aromatic carbocycles. The molecule has 9 nitrogen and oxygen atoms in total. The van der Waals surface area contributed by atoms with Crippen LogP contribution in [0.4, 0.5) is 5.13 Å². The van der Waals surface area contributed by atoms with Crippen molar-refractivity contribution >= 4 is 55.0 Å². The van der Waals surface area contributed by atoms with Crippen LogP contribution in [0, 0.1) is 13.8 Å². The molecule has 0 atom stereocenters. The molecule has 12 heteroatoms. The zero-order valence-corrected chi connectivity index (χ0v) is 25.9. The molecular formula is C27H39ClN4O5S2. The van der Waals surface area contributed by atoms with E-state index in [0.717, 1.165) is 34.3 Å². The lowest BCUT2D eigenvalue weighted by Gasteiger charge is -2.22. The molecule has 0 saturated carbocycles. The molecular weight excluding hydrogens is 560 g/mol. The van der Waals surface area contributed by atoms with Gasteiger partial charge in [-0.05, 0) is 82.4 Å². The highest BCUT2D eigenvalue weighted by Crippen LogP contribution is 2.33. The zero-order valence-electron chi connectivity index (χ0n) is 23.5. The summed E-state index contributed by atoms with van der Waals surface area (Å²) < 4.78 is 39.0. The van der Waals surface area contributed by atoms with Crippen LogP contribution in [0.3, 0.4) is 0 Å². The average Bonchev–Trinajstić information content (AvgIpc) is 3.33. The molecule has 1 amide bonds. The Balaban J connectivity index is 0.00000533. The molecule has 1 heterocycles. The summed E-state index contributed by atoms with van der Waals surface area (Å²) in [6.07, 6.45) is 0.771. The Hall–Kier alpha value is -2.12. The van der Waals surface area contributed by atoms with Crippen LogP contribution in [0.5, 0.6) is 0 Å². The summed E-state index contributed by atoms with van der Waals surface area (Å²) in [5.74, 6) is -0.211. The van der Waals surface area contributed by atoms with E-state index in [-0.39, 0.29) is 49.5 Å². The van der Waals surface area contributed by atoms with Crippen LogP contribution in [0.15, 0.2) is 41.3 Å². The van der Waals surface area contributed by atoms with E-state index in [1.54, 1.807) is 17.0 Å². The number of fused-ring (bicyclic) bond motifs is 1. The highest BCUT2D eigenvalue weighted by molar-refractivity contribution is 7.89. The topological polar surface area (TPSA) is 92.3 Å². The second-order valence-electron chi connectivity index (χ2n) is 9.38. The Morgan fingerprint density at radius 1 is 0.923 bits per heavy atom. The van der Waals surface area contributed by atoms with Crippen LogP contribution >= 0.6 is 23.7 Å². The Morgan fingerprint density at radius 3 is 2.10 bits per heavy atom. The number of ether oxygens (including phenoxy) is 2. The molecule has 0 aliphatic rings. The van der Waals surface area contributed by atoms with Gasteiger partial charge in [-0.25, -0.2) is 13.4 Å². The Bertz CT molecular complexity index is 1320. The van der Waals surface area contributed by atoms with Crippen LogP contribution < -0.4 is 4.90 Å². The van der Waals surface area contributed by atoms with Crippen molar-refractivity contribution in [2.75, 3.05) is 72.6 Å². The van der Waals surface area contributed by atoms with Gasteiger partial charge in [-0.3, -0.25) is 9.69 Å². The van der Waals surface area contributed by atoms with Gasteiger partial charge in [-0.2, -0.15) is 4.31 Å². The first-order valence-corrected chi connectivity index (χ1v) is 14.8. The number of nitrogens with zero attached hydrogens (tertiary/aromatic N) is 4. The fourth-order valence-electron chi connectivity index (χ4n) is 3.97. The third-order valence-electron chi connectivity index (χ3n) is 6.37. The van der Waals surface area contributed by atoms with Gasteiger partial charge in [0.05, 0.1) is 28.3 Å². The van der Waals surface area contributed by atoms with E-state index < -0.39 is 10.0 Å². The molecule has 39 heavy (non-hydrogen) atoms. The monoisotopic (exact) mass is 598 g/mol. The van der Waals surface area contributed by atoms with Crippen molar-refractivity contribution in [2.24, 2.45) is 0 Å². The van der Waals surface area contributed by atoms with Gasteiger partial charge in [-0.15, -0.1) is 12.4 Å². The molecule has 0 radical (unpaired) electrons. The SMILES string of the molecule is COCCN(CCOC)S(=O)(=O)c1ccc(C(=O)N(CCCN(C)C)c2nc3c(C)c(C)ccc3s2)cc1.Cl. The summed E-state index contributed by atoms with van der Waals surface area (Å²) in [7, 11) is 3.27. The number of thiazole rings is 1. The van der Waals surface area contributed by atoms with Crippen molar-refractivity contribution < 1.29 is 22.7 Å². The maximum absolute atomic E-state index is 13.7. The van der Waals surface area contributed by atoms with Gasteiger partial charge in [0.1, 0.15) is 0 Å². The summed E-state index contributed by atoms with van der Waals surface area (Å²) in [5.41, 5.74) is 3.57. The molecule has 3 aromatic rings. The predicted octanol–water partition coefficient (Wildman–Crippen LogP) is 4.22. The van der Waals surface area contributed by atoms with Gasteiger partial charge in [0.2, 0.25) is 10.0 Å². The van der Waals surface area contributed by atoms with E-state index in [2.05, 4.69) is 17.9 Å². The van der Waals surface area contributed by atoms with E-state index in [0.29, 0.717) is 17.2 Å². The molecule has 0 unspecified atom stereocenters. The van der Waals surface area contributed by atoms with Gasteiger partial charge < -0.3 is 14.4 Å². The summed E-state index contributed by atoms with van der Waals surface area (Å²) >= 11 is 1.49. The zero-order chi connectivity index (χ0) is 27.9. The predicted molar refractivity (Wildman–Crippen MR) is 160 cm³/mol. The summed E-state index contributed by atoms with van der Waals surface area (Å²) in [6, 6.07) is 10.2. The first kappa shape index (κ1) is 33.1. The molecule has 0 N–H and O–H groups in total. The smallest absolute Gasteiger partial charge is 0.260 e. The van der Waals surface area contributed by atoms with Crippen LogP contribution in [0.25, 0.3) is 10.2 Å². The quantitative estimate of drug-likeness (QED) is 0.274. The molecule has 0 fully saturated rings. The minimum absolute atomic E-state index is 0. The molecule has 0 aliphatic heterocycles. The normalized spacial score (nSPS) is 11.8. The van der Waals surface area contributed by atoms with Gasteiger partial charge >= 0.3 is 0 Å². The van der Waals surface area contributed by atoms with Gasteiger partial charge in [-0.1, -0.05) is 17.4 Å². The molecule has 0 spiro atoms. The molecule has 0 saturated heterocycles. The van der Waals surface area contributed by atoms with Crippen molar-refractivity contribution in [3.8, 4) is 0 Å². The van der Waals surface area contributed by atoms with Gasteiger partial charge in [0.15, 0.2) is 5.13 Å². The Kier molecular flexibility index (Phi) is 12.8. The first-order chi connectivity index (χ1) is 18.1. The van der Waals surface area contributed by atoms with E-state index in [1.165, 1.54) is 42.0 Å². The van der Waals surface area contributed by atoms with Crippen LogP contribution in [-0.4, -0.2) is 96.2 Å². The number of carbonyl (C=O) groups excluding carboxylic acids is 1. The standard InChI is InChI=1S/C27H38N4O5S2.ClH/c1-20-8-13-24-25(21(20)2)28-27(37-24)31(15-7-14-29(3)4)26(32)22-9-11-23(12-10-22)38(33,34)30(16-18-35-5)17-19-36-6;/h8-13H,7,14-19H2,1-6H3;1H. The molecule has 0 aliphatic carbocycles. The van der Waals surface area contributed by atoms with E-state index >= 15 is 0 Å². The number of amides is 1. The first-order valence-electron chi connectivity index (χ1n) is 12.5. The van der Waals surface area contributed by atoms with E-state index in [4.69, 9.17) is 14.5 Å². The number of hydrogen-bond acceptors (Lipinski definition) is 8. The van der Waals surface area contributed by atoms with Gasteiger partial charge in [0, 0.05) is 39.4 Å². The van der Waals surface area contributed by atoms with Crippen molar-refractivity contribution in [3.63, 3.8) is 0 Å². The number of sulfonamides is 1. The van der Waals surface area contributed by atoms with Crippen LogP contribution in [0.1, 0.15) is 27.9 Å². The number of anilines is 1. The number of aromatic nitrogens is 1. The highest BCUT2D eigenvalue weighted by Gasteiger charge is 2.26. The van der Waals surface area contributed by atoms with Crippen molar-refractivity contribution in [1.29, 1.82) is 0 Å².